The van der Waals surface area contributed by atoms with Crippen LogP contribution in [-0.2, 0) is 32.9 Å². The summed E-state index contributed by atoms with van der Waals surface area (Å²) < 4.78 is 41.9. The molecule has 3 aromatic rings. The Bertz CT molecular complexity index is 1760. The van der Waals surface area contributed by atoms with Crippen molar-refractivity contribution in [2.75, 3.05) is 6.61 Å². The Kier molecular flexibility index (Phi) is 11.4. The Morgan fingerprint density at radius 1 is 1.11 bits per heavy atom. The molecule has 0 aliphatic carbocycles. The van der Waals surface area contributed by atoms with Crippen molar-refractivity contribution in [3.8, 4) is 5.75 Å². The van der Waals surface area contributed by atoms with Crippen molar-refractivity contribution < 1.29 is 37.4 Å². The molecular formula is C30H37BClN4O10P. The highest BCUT2D eigenvalue weighted by Crippen LogP contribution is 2.49. The Labute approximate surface area is 277 Å². The van der Waals surface area contributed by atoms with Crippen LogP contribution in [0.1, 0.15) is 40.8 Å². The fraction of sp³-hybridized carbons (Fsp3) is 0.467. The Morgan fingerprint density at radius 2 is 1.79 bits per heavy atom. The number of nitrogens with one attached hydrogen (secondary N) is 2. The number of aromatic amines is 1. The van der Waals surface area contributed by atoms with Crippen LogP contribution in [0.25, 0.3) is 10.8 Å². The van der Waals surface area contributed by atoms with Crippen molar-refractivity contribution in [3.63, 3.8) is 0 Å². The number of H-pyrrole nitrogens is 1. The van der Waals surface area contributed by atoms with Crippen LogP contribution in [0, 0.1) is 5.92 Å². The van der Waals surface area contributed by atoms with Gasteiger partial charge in [0.2, 0.25) is 0 Å². The molecule has 1 fully saturated rings. The van der Waals surface area contributed by atoms with Crippen LogP contribution in [-0.4, -0.2) is 71.1 Å². The number of benzene rings is 2. The number of hydrogen-bond donors (Lipinski definition) is 3. The number of carbonyl (C=O) groups excluding carboxylic acids is 2. The van der Waals surface area contributed by atoms with E-state index in [-0.39, 0.29) is 11.7 Å². The van der Waals surface area contributed by atoms with Gasteiger partial charge < -0.3 is 24.5 Å². The van der Waals surface area contributed by atoms with Crippen molar-refractivity contribution >= 4 is 49.9 Å². The Hall–Kier alpha value is -3.46. The molecule has 1 aromatic heterocycles. The summed E-state index contributed by atoms with van der Waals surface area (Å²) in [5.41, 5.74) is 4.41. The molecule has 14 nitrogen and oxygen atoms in total. The van der Waals surface area contributed by atoms with Crippen LogP contribution in [0.2, 0.25) is 0 Å². The van der Waals surface area contributed by atoms with Crippen LogP contribution in [0.5, 0.6) is 5.75 Å². The Balaban J connectivity index is 1.69. The number of carbonyl (C=O) groups is 2. The van der Waals surface area contributed by atoms with Crippen molar-refractivity contribution in [1.82, 2.24) is 14.6 Å². The molecule has 1 aliphatic rings. The first-order valence-corrected chi connectivity index (χ1v) is 16.8. The Morgan fingerprint density at radius 3 is 2.45 bits per heavy atom. The number of halogens is 1. The number of nitrogens with zero attached hydrogens (tertiary/aromatic N) is 1. The van der Waals surface area contributed by atoms with Crippen LogP contribution in [0.15, 0.2) is 64.3 Å². The van der Waals surface area contributed by atoms with Gasteiger partial charge >= 0.3 is 25.4 Å². The summed E-state index contributed by atoms with van der Waals surface area (Å²) in [6, 6.07) is 11.1. The van der Waals surface area contributed by atoms with Crippen molar-refractivity contribution in [3.05, 3.63) is 75.6 Å². The first-order valence-electron chi connectivity index (χ1n) is 14.8. The fourth-order valence-electron chi connectivity index (χ4n) is 4.72. The highest BCUT2D eigenvalue weighted by atomic mass is 35.5. The van der Waals surface area contributed by atoms with Gasteiger partial charge in [0.05, 0.1) is 17.5 Å². The zero-order valence-electron chi connectivity index (χ0n) is 26.5. The van der Waals surface area contributed by atoms with Gasteiger partial charge in [-0.15, -0.1) is 11.6 Å². The zero-order chi connectivity index (χ0) is 34.7. The summed E-state index contributed by atoms with van der Waals surface area (Å²) in [4.78, 5) is 52.1. The molecule has 1 saturated heterocycles. The van der Waals surface area contributed by atoms with Crippen molar-refractivity contribution in [2.45, 2.75) is 76.0 Å². The lowest BCUT2D eigenvalue weighted by Crippen LogP contribution is -2.50. The molecule has 0 bridgehead atoms. The summed E-state index contributed by atoms with van der Waals surface area (Å²) in [5.74, 6) is -1.76. The summed E-state index contributed by atoms with van der Waals surface area (Å²) >= 11 is 6.74. The van der Waals surface area contributed by atoms with Gasteiger partial charge in [-0.3, -0.25) is 28.5 Å². The average Bonchev–Trinajstić information content (AvgIpc) is 3.24. The minimum Gasteiger partial charge on any atom is -0.462 e. The topological polar surface area (TPSA) is 190 Å². The smallest absolute Gasteiger partial charge is 0.459 e. The van der Waals surface area contributed by atoms with E-state index < -0.39 is 78.9 Å². The van der Waals surface area contributed by atoms with E-state index in [9.17, 15) is 23.7 Å². The molecule has 0 unspecified atom stereocenters. The highest BCUT2D eigenvalue weighted by molar-refractivity contribution is 7.52. The van der Waals surface area contributed by atoms with E-state index >= 15 is 0 Å². The van der Waals surface area contributed by atoms with Gasteiger partial charge in [0.1, 0.15) is 37.9 Å². The molecule has 2 radical (unpaired) electrons. The fourth-order valence-corrected chi connectivity index (χ4v) is 6.58. The van der Waals surface area contributed by atoms with Gasteiger partial charge in [-0.2, -0.15) is 5.09 Å². The molecule has 17 heteroatoms. The number of rotatable bonds is 13. The first-order chi connectivity index (χ1) is 22.0. The predicted octanol–water partition coefficient (Wildman–Crippen LogP) is 2.72. The van der Waals surface area contributed by atoms with E-state index in [1.807, 2.05) is 18.2 Å². The molecule has 4 N–H and O–H groups in total. The van der Waals surface area contributed by atoms with Gasteiger partial charge in [-0.05, 0) is 38.1 Å². The SMILES string of the molecule is [B][C@]1(Cl)[C@H](OC(=O)[C@@H](N)C(C)C)[C@@H](CO[P@@](=O)(N[C@@H](C)C(=O)OC(C)C)Oc2cccc3ccccc23)O[C@H]1n1ccc(=O)[nH]c1=O. The number of nitrogens with two attached hydrogens (primary N) is 1. The number of hydrogen-bond acceptors (Lipinski definition) is 11. The molecule has 0 amide bonds. The van der Waals surface area contributed by atoms with Crippen LogP contribution in [0.3, 0.4) is 0 Å². The normalized spacial score (nSPS) is 23.7. The molecule has 2 aromatic carbocycles. The van der Waals surface area contributed by atoms with E-state index in [0.717, 1.165) is 22.2 Å². The third-order valence-electron chi connectivity index (χ3n) is 7.23. The summed E-state index contributed by atoms with van der Waals surface area (Å²) in [6.07, 6.45) is -3.76. The number of fused-ring (bicyclic) bond motifs is 1. The van der Waals surface area contributed by atoms with Crippen LogP contribution >= 0.6 is 19.3 Å². The van der Waals surface area contributed by atoms with E-state index in [1.54, 1.807) is 52.0 Å². The van der Waals surface area contributed by atoms with Crippen LogP contribution in [0.4, 0.5) is 0 Å². The monoisotopic (exact) mass is 690 g/mol. The lowest BCUT2D eigenvalue weighted by Gasteiger charge is -2.31. The summed E-state index contributed by atoms with van der Waals surface area (Å²) in [6.45, 7) is 7.50. The standard InChI is InChI=1S/C30H37BClN4O10P/c1-16(2)24(33)27(39)45-25-22(44-28(30(25,31)32)36-14-13-23(37)34-29(36)40)15-42-47(41,35-18(5)26(38)43-17(3)4)46-21-12-8-10-19-9-6-7-11-20(19)21/h6-14,16-18,22,24-25,28H,15,33H2,1-5H3,(H,35,41)(H,34,37,40)/t18-,22+,24-,25+,28+,30-,47-/m0/s1. The molecule has 4 rings (SSSR count). The number of esters is 2. The summed E-state index contributed by atoms with van der Waals surface area (Å²) in [7, 11) is 1.96. The average molecular weight is 691 g/mol. The molecule has 0 saturated carbocycles. The minimum absolute atomic E-state index is 0.171. The second-order valence-electron chi connectivity index (χ2n) is 11.7. The first kappa shape index (κ1) is 36.4. The van der Waals surface area contributed by atoms with E-state index in [0.29, 0.717) is 5.39 Å². The lowest BCUT2D eigenvalue weighted by atomic mass is 9.79. The third kappa shape index (κ3) is 8.53. The molecule has 7 atom stereocenters. The maximum Gasteiger partial charge on any atom is 0.459 e. The second kappa shape index (κ2) is 14.8. The third-order valence-corrected chi connectivity index (χ3v) is 9.26. The molecule has 252 valence electrons. The van der Waals surface area contributed by atoms with Gasteiger partial charge in [0.15, 0.2) is 6.23 Å². The quantitative estimate of drug-likeness (QED) is 0.103. The molecule has 1 aliphatic heterocycles. The highest BCUT2D eigenvalue weighted by Gasteiger charge is 2.56. The van der Waals surface area contributed by atoms with Gasteiger partial charge in [0.25, 0.3) is 5.56 Å². The maximum absolute atomic E-state index is 14.4. The number of alkyl halides is 1. The predicted molar refractivity (Wildman–Crippen MR) is 174 cm³/mol. The van der Waals surface area contributed by atoms with Gasteiger partial charge in [-0.25, -0.2) is 9.36 Å². The van der Waals surface area contributed by atoms with E-state index in [2.05, 4.69) is 10.1 Å². The number of ether oxygens (including phenoxy) is 3. The van der Waals surface area contributed by atoms with Gasteiger partial charge in [0, 0.05) is 17.6 Å². The lowest BCUT2D eigenvalue weighted by molar-refractivity contribution is -0.156. The molecule has 0 spiro atoms. The second-order valence-corrected chi connectivity index (χ2v) is 14.0. The largest absolute Gasteiger partial charge is 0.462 e. The van der Waals surface area contributed by atoms with E-state index in [1.165, 1.54) is 6.92 Å². The molecular weight excluding hydrogens is 654 g/mol. The molecule has 2 heterocycles. The minimum atomic E-state index is -4.49. The molecule has 47 heavy (non-hydrogen) atoms. The van der Waals surface area contributed by atoms with Crippen molar-refractivity contribution in [1.29, 1.82) is 0 Å². The number of aromatic nitrogens is 2. The maximum atomic E-state index is 14.4. The van der Waals surface area contributed by atoms with E-state index in [4.69, 9.17) is 48.4 Å². The summed E-state index contributed by atoms with van der Waals surface area (Å²) in [5, 5.41) is 3.98. The van der Waals surface area contributed by atoms with Crippen molar-refractivity contribution in [2.24, 2.45) is 11.7 Å². The van der Waals surface area contributed by atoms with Crippen LogP contribution < -0.4 is 26.6 Å². The van der Waals surface area contributed by atoms with Gasteiger partial charge in [-0.1, -0.05) is 50.2 Å². The zero-order valence-corrected chi connectivity index (χ0v) is 28.1.